The van der Waals surface area contributed by atoms with E-state index in [-0.39, 0.29) is 10.8 Å². The van der Waals surface area contributed by atoms with Gasteiger partial charge in [0.1, 0.15) is 10.6 Å². The molecule has 3 rings (SSSR count). The Balaban J connectivity index is 1.88. The van der Waals surface area contributed by atoms with E-state index >= 15 is 0 Å². The normalized spacial score (nSPS) is 17.5. The summed E-state index contributed by atoms with van der Waals surface area (Å²) in [6, 6.07) is 7.81. The number of hydrogen-bond acceptors (Lipinski definition) is 7. The molecule has 1 fully saturated rings. The Kier molecular flexibility index (Phi) is 5.96. The lowest BCUT2D eigenvalue weighted by Gasteiger charge is -2.25. The summed E-state index contributed by atoms with van der Waals surface area (Å²) in [7, 11) is 0.167. The molecule has 1 saturated heterocycles. The number of sulfone groups is 1. The van der Waals surface area contributed by atoms with E-state index < -0.39 is 9.84 Å². The summed E-state index contributed by atoms with van der Waals surface area (Å²) in [6.07, 6.45) is 4.60. The summed E-state index contributed by atoms with van der Waals surface area (Å²) in [5.74, 6) is 1.42. The van der Waals surface area contributed by atoms with Gasteiger partial charge in [-0.25, -0.2) is 18.4 Å². The minimum absolute atomic E-state index is 0.0830. The van der Waals surface area contributed by atoms with Crippen LogP contribution in [0.2, 0.25) is 0 Å². The van der Waals surface area contributed by atoms with Crippen molar-refractivity contribution in [3.05, 3.63) is 41.7 Å². The van der Waals surface area contributed by atoms with Gasteiger partial charge in [-0.3, -0.25) is 0 Å². The van der Waals surface area contributed by atoms with Gasteiger partial charge in [-0.15, -0.1) is 0 Å². The number of benzene rings is 1. The summed E-state index contributed by atoms with van der Waals surface area (Å²) in [5, 5.41) is 3.33. The maximum atomic E-state index is 12.2. The number of piperidine rings is 1. The SMILES string of the molecule is COc1ccc(CN(C)c2ncc(S(C)(=O)=O)c([C@@H]3CCCNC3)n2)cc1. The van der Waals surface area contributed by atoms with Crippen LogP contribution < -0.4 is 15.0 Å². The Hall–Kier alpha value is -2.19. The third kappa shape index (κ3) is 4.75. The van der Waals surface area contributed by atoms with Crippen molar-refractivity contribution >= 4 is 15.8 Å². The second-order valence-electron chi connectivity index (χ2n) is 6.94. The molecule has 0 amide bonds. The van der Waals surface area contributed by atoms with Gasteiger partial charge < -0.3 is 15.0 Å². The van der Waals surface area contributed by atoms with Crippen LogP contribution in [-0.4, -0.2) is 51.9 Å². The lowest BCUT2D eigenvalue weighted by molar-refractivity contribution is 0.414. The van der Waals surface area contributed by atoms with Gasteiger partial charge in [-0.2, -0.15) is 0 Å². The Labute approximate surface area is 160 Å². The van der Waals surface area contributed by atoms with Gasteiger partial charge in [-0.1, -0.05) is 12.1 Å². The molecule has 2 aromatic rings. The fourth-order valence-corrected chi connectivity index (χ4v) is 4.13. The van der Waals surface area contributed by atoms with Crippen LogP contribution in [0.15, 0.2) is 35.4 Å². The molecule has 1 atom stereocenters. The molecule has 0 aliphatic carbocycles. The summed E-state index contributed by atoms with van der Waals surface area (Å²) in [6.45, 7) is 2.31. The van der Waals surface area contributed by atoms with Crippen molar-refractivity contribution in [2.75, 3.05) is 38.4 Å². The molecule has 1 aromatic carbocycles. The molecule has 0 spiro atoms. The fourth-order valence-electron chi connectivity index (χ4n) is 3.30. The molecule has 1 aliphatic rings. The largest absolute Gasteiger partial charge is 0.497 e. The minimum Gasteiger partial charge on any atom is -0.497 e. The number of rotatable bonds is 6. The van der Waals surface area contributed by atoms with Crippen LogP contribution in [0, 0.1) is 0 Å². The van der Waals surface area contributed by atoms with E-state index in [1.165, 1.54) is 12.5 Å². The van der Waals surface area contributed by atoms with Crippen molar-refractivity contribution in [2.45, 2.75) is 30.2 Å². The van der Waals surface area contributed by atoms with Gasteiger partial charge in [-0.05, 0) is 37.1 Å². The van der Waals surface area contributed by atoms with Gasteiger partial charge in [0.25, 0.3) is 0 Å². The molecule has 0 radical (unpaired) electrons. The second-order valence-corrected chi connectivity index (χ2v) is 8.92. The highest BCUT2D eigenvalue weighted by molar-refractivity contribution is 7.90. The van der Waals surface area contributed by atoms with Crippen LogP contribution >= 0.6 is 0 Å². The number of methoxy groups -OCH3 is 1. The molecular formula is C19H26N4O3S. The Morgan fingerprint density at radius 2 is 2.04 bits per heavy atom. The molecule has 0 bridgehead atoms. The second kappa shape index (κ2) is 8.22. The van der Waals surface area contributed by atoms with Crippen molar-refractivity contribution < 1.29 is 13.2 Å². The zero-order chi connectivity index (χ0) is 19.4. The third-order valence-corrected chi connectivity index (χ3v) is 5.89. The molecule has 1 N–H and O–H groups in total. The molecule has 1 aliphatic heterocycles. The molecule has 0 saturated carbocycles. The summed E-state index contributed by atoms with van der Waals surface area (Å²) < 4.78 is 29.6. The van der Waals surface area contributed by atoms with Gasteiger partial charge in [0.15, 0.2) is 9.84 Å². The van der Waals surface area contributed by atoms with Crippen LogP contribution in [0.3, 0.4) is 0 Å². The first-order chi connectivity index (χ1) is 12.9. The number of anilines is 1. The van der Waals surface area contributed by atoms with Crippen molar-refractivity contribution in [3.8, 4) is 5.75 Å². The van der Waals surface area contributed by atoms with Crippen molar-refractivity contribution in [1.82, 2.24) is 15.3 Å². The Bertz CT molecular complexity index is 878. The quantitative estimate of drug-likeness (QED) is 0.807. The van der Waals surface area contributed by atoms with Crippen molar-refractivity contribution in [3.63, 3.8) is 0 Å². The lowest BCUT2D eigenvalue weighted by atomic mass is 9.96. The Morgan fingerprint density at radius 1 is 1.30 bits per heavy atom. The smallest absolute Gasteiger partial charge is 0.225 e. The molecule has 146 valence electrons. The highest BCUT2D eigenvalue weighted by Crippen LogP contribution is 2.28. The van der Waals surface area contributed by atoms with Gasteiger partial charge in [0.2, 0.25) is 5.95 Å². The van der Waals surface area contributed by atoms with E-state index in [0.717, 1.165) is 37.2 Å². The lowest BCUT2D eigenvalue weighted by Crippen LogP contribution is -2.30. The molecule has 2 heterocycles. The van der Waals surface area contributed by atoms with Crippen LogP contribution in [0.1, 0.15) is 30.0 Å². The third-order valence-electron chi connectivity index (χ3n) is 4.77. The van der Waals surface area contributed by atoms with E-state index in [0.29, 0.717) is 18.2 Å². The maximum absolute atomic E-state index is 12.2. The topological polar surface area (TPSA) is 84.4 Å². The first-order valence-corrected chi connectivity index (χ1v) is 10.9. The fraction of sp³-hybridized carbons (Fsp3) is 0.474. The van der Waals surface area contributed by atoms with Crippen molar-refractivity contribution in [2.24, 2.45) is 0 Å². The molecule has 0 unspecified atom stereocenters. The summed E-state index contributed by atoms with van der Waals surface area (Å²) >= 11 is 0. The predicted molar refractivity (Wildman–Crippen MR) is 105 cm³/mol. The number of nitrogens with one attached hydrogen (secondary N) is 1. The van der Waals surface area contributed by atoms with E-state index in [4.69, 9.17) is 4.74 Å². The van der Waals surface area contributed by atoms with Crippen molar-refractivity contribution in [1.29, 1.82) is 0 Å². The average Bonchev–Trinajstić information content (AvgIpc) is 2.68. The zero-order valence-corrected chi connectivity index (χ0v) is 16.8. The Morgan fingerprint density at radius 3 is 2.63 bits per heavy atom. The van der Waals surface area contributed by atoms with E-state index in [1.807, 2.05) is 36.2 Å². The van der Waals surface area contributed by atoms with Crippen LogP contribution in [0.5, 0.6) is 5.75 Å². The molecule has 1 aromatic heterocycles. The van der Waals surface area contributed by atoms with Gasteiger partial charge in [0, 0.05) is 32.3 Å². The van der Waals surface area contributed by atoms with Crippen LogP contribution in [0.4, 0.5) is 5.95 Å². The summed E-state index contributed by atoms with van der Waals surface area (Å²) in [4.78, 5) is 11.1. The van der Waals surface area contributed by atoms with Crippen LogP contribution in [0.25, 0.3) is 0 Å². The van der Waals surface area contributed by atoms with Crippen LogP contribution in [-0.2, 0) is 16.4 Å². The zero-order valence-electron chi connectivity index (χ0n) is 16.0. The number of ether oxygens (including phenoxy) is 1. The number of nitrogens with zero attached hydrogens (tertiary/aromatic N) is 3. The molecule has 7 nitrogen and oxygen atoms in total. The van der Waals surface area contributed by atoms with E-state index in [1.54, 1.807) is 7.11 Å². The van der Waals surface area contributed by atoms with Gasteiger partial charge >= 0.3 is 0 Å². The van der Waals surface area contributed by atoms with Gasteiger partial charge in [0.05, 0.1) is 19.0 Å². The first kappa shape index (κ1) is 19.6. The standard InChI is InChI=1S/C19H26N4O3S/c1-23(13-14-6-8-16(26-2)9-7-14)19-21-12-17(27(3,24)25)18(22-19)15-5-4-10-20-11-15/h6-9,12,15,20H,4-5,10-11,13H2,1-3H3/t15-/m1/s1. The molecular weight excluding hydrogens is 364 g/mol. The first-order valence-electron chi connectivity index (χ1n) is 9.00. The maximum Gasteiger partial charge on any atom is 0.225 e. The minimum atomic E-state index is -3.38. The highest BCUT2D eigenvalue weighted by atomic mass is 32.2. The number of aromatic nitrogens is 2. The average molecular weight is 391 g/mol. The van der Waals surface area contributed by atoms with E-state index in [9.17, 15) is 8.42 Å². The molecule has 27 heavy (non-hydrogen) atoms. The summed E-state index contributed by atoms with van der Waals surface area (Å²) in [5.41, 5.74) is 1.71. The highest BCUT2D eigenvalue weighted by Gasteiger charge is 2.25. The number of hydrogen-bond donors (Lipinski definition) is 1. The molecule has 8 heteroatoms. The predicted octanol–water partition coefficient (Wildman–Crippen LogP) is 1.99. The van der Waals surface area contributed by atoms with E-state index in [2.05, 4.69) is 15.3 Å². The monoisotopic (exact) mass is 390 g/mol.